The van der Waals surface area contributed by atoms with Gasteiger partial charge in [0.2, 0.25) is 5.91 Å². The van der Waals surface area contributed by atoms with Gasteiger partial charge in [0.25, 0.3) is 0 Å². The van der Waals surface area contributed by atoms with E-state index in [0.29, 0.717) is 17.9 Å². The van der Waals surface area contributed by atoms with E-state index in [1.807, 2.05) is 0 Å². The van der Waals surface area contributed by atoms with Gasteiger partial charge in [-0.15, -0.1) is 11.3 Å². The van der Waals surface area contributed by atoms with E-state index in [4.69, 9.17) is 9.47 Å². The topological polar surface area (TPSA) is 60.5 Å². The lowest BCUT2D eigenvalue weighted by molar-refractivity contribution is -0.140. The van der Waals surface area contributed by atoms with Gasteiger partial charge in [-0.3, -0.25) is 4.79 Å². The molecule has 24 heavy (non-hydrogen) atoms. The minimum absolute atomic E-state index is 0.0698. The number of hydrogen-bond acceptors (Lipinski definition) is 5. The minimum Gasteiger partial charge on any atom is -0.493 e. The van der Waals surface area contributed by atoms with E-state index in [1.165, 1.54) is 14.2 Å². The quantitative estimate of drug-likeness (QED) is 0.852. The fraction of sp³-hybridized carbons (Fsp3) is 0.333. The van der Waals surface area contributed by atoms with Crippen molar-refractivity contribution in [3.05, 3.63) is 34.8 Å². The number of aromatic nitrogens is 1. The summed E-state index contributed by atoms with van der Waals surface area (Å²) in [5.41, 5.74) is -0.166. The van der Waals surface area contributed by atoms with E-state index in [1.54, 1.807) is 18.2 Å². The number of nitrogens with zero attached hydrogens (tertiary/aromatic N) is 1. The number of carbonyl (C=O) groups excluding carboxylic acids is 1. The zero-order valence-corrected chi connectivity index (χ0v) is 13.8. The summed E-state index contributed by atoms with van der Waals surface area (Å²) in [5, 5.41) is 3.16. The number of benzene rings is 1. The predicted molar refractivity (Wildman–Crippen MR) is 83.6 cm³/mol. The highest BCUT2D eigenvalue weighted by molar-refractivity contribution is 7.13. The van der Waals surface area contributed by atoms with Gasteiger partial charge in [-0.2, -0.15) is 13.2 Å². The van der Waals surface area contributed by atoms with Crippen molar-refractivity contribution in [3.63, 3.8) is 0 Å². The van der Waals surface area contributed by atoms with Crippen molar-refractivity contribution in [2.45, 2.75) is 19.0 Å². The molecule has 0 saturated carbocycles. The van der Waals surface area contributed by atoms with Crippen molar-refractivity contribution < 1.29 is 27.4 Å². The van der Waals surface area contributed by atoms with Crippen molar-refractivity contribution in [2.24, 2.45) is 0 Å². The number of methoxy groups -OCH3 is 2. The number of halogens is 3. The molecule has 0 fully saturated rings. The van der Waals surface area contributed by atoms with Crippen LogP contribution in [0.25, 0.3) is 0 Å². The zero-order chi connectivity index (χ0) is 17.7. The van der Waals surface area contributed by atoms with Crippen LogP contribution < -0.4 is 14.8 Å². The van der Waals surface area contributed by atoms with E-state index < -0.39 is 17.8 Å². The molecule has 0 radical (unpaired) electrons. The zero-order valence-electron chi connectivity index (χ0n) is 12.9. The average Bonchev–Trinajstić information content (AvgIpc) is 3.01. The summed E-state index contributed by atoms with van der Waals surface area (Å²) in [6, 6.07) is 5.26. The number of aryl methyl sites for hydroxylation is 1. The van der Waals surface area contributed by atoms with Gasteiger partial charge < -0.3 is 14.8 Å². The fourth-order valence-corrected chi connectivity index (χ4v) is 2.67. The molecule has 2 aromatic rings. The molecule has 1 aromatic heterocycles. The van der Waals surface area contributed by atoms with Crippen LogP contribution in [0.1, 0.15) is 17.7 Å². The SMILES string of the molecule is COc1ccc(CCC(=O)Nc2nc(C(F)(F)F)cs2)cc1OC. The standard InChI is InChI=1S/C15H15F3N2O3S/c1-22-10-5-3-9(7-11(10)23-2)4-6-13(21)20-14-19-12(8-24-14)15(16,17)18/h3,5,7-8H,4,6H2,1-2H3,(H,19,20,21). The third kappa shape index (κ3) is 4.60. The summed E-state index contributed by atoms with van der Waals surface area (Å²) < 4.78 is 47.6. The Morgan fingerprint density at radius 1 is 1.25 bits per heavy atom. The van der Waals surface area contributed by atoms with E-state index in [-0.39, 0.29) is 11.6 Å². The number of alkyl halides is 3. The Morgan fingerprint density at radius 2 is 1.96 bits per heavy atom. The van der Waals surface area contributed by atoms with Gasteiger partial charge in [0.15, 0.2) is 22.3 Å². The van der Waals surface area contributed by atoms with Crippen molar-refractivity contribution in [1.29, 1.82) is 0 Å². The highest BCUT2D eigenvalue weighted by Gasteiger charge is 2.33. The lowest BCUT2D eigenvalue weighted by atomic mass is 10.1. The summed E-state index contributed by atoms with van der Waals surface area (Å²) in [6.07, 6.45) is -4.00. The van der Waals surface area contributed by atoms with Crippen LogP contribution in [0, 0.1) is 0 Å². The number of thiazole rings is 1. The summed E-state index contributed by atoms with van der Waals surface area (Å²) >= 11 is 0.738. The van der Waals surface area contributed by atoms with Crippen LogP contribution in [0.15, 0.2) is 23.6 Å². The van der Waals surface area contributed by atoms with Crippen LogP contribution in [-0.4, -0.2) is 25.1 Å². The molecule has 0 spiro atoms. The summed E-state index contributed by atoms with van der Waals surface area (Å²) in [5.74, 6) is 0.714. The maximum Gasteiger partial charge on any atom is 0.434 e. The molecule has 130 valence electrons. The van der Waals surface area contributed by atoms with Crippen molar-refractivity contribution in [3.8, 4) is 11.5 Å². The predicted octanol–water partition coefficient (Wildman–Crippen LogP) is 3.75. The maximum absolute atomic E-state index is 12.5. The first kappa shape index (κ1) is 18.1. The molecule has 9 heteroatoms. The molecule has 0 atom stereocenters. The number of nitrogens with one attached hydrogen (secondary N) is 1. The van der Waals surface area contributed by atoms with Crippen LogP contribution in [0.3, 0.4) is 0 Å². The van der Waals surface area contributed by atoms with Gasteiger partial charge in [0.05, 0.1) is 14.2 Å². The second kappa shape index (κ2) is 7.52. The molecular weight excluding hydrogens is 345 g/mol. The molecule has 0 aliphatic carbocycles. The molecule has 1 N–H and O–H groups in total. The van der Waals surface area contributed by atoms with Crippen LogP contribution in [0.4, 0.5) is 18.3 Å². The molecule has 0 aliphatic heterocycles. The molecule has 0 saturated heterocycles. The fourth-order valence-electron chi connectivity index (χ4n) is 1.94. The summed E-state index contributed by atoms with van der Waals surface area (Å²) in [7, 11) is 3.03. The first-order chi connectivity index (χ1) is 11.3. The second-order valence-electron chi connectivity index (χ2n) is 4.77. The molecule has 1 heterocycles. The molecule has 0 bridgehead atoms. The van der Waals surface area contributed by atoms with Crippen LogP contribution in [-0.2, 0) is 17.4 Å². The number of anilines is 1. The largest absolute Gasteiger partial charge is 0.493 e. The Balaban J connectivity index is 1.92. The van der Waals surface area contributed by atoms with Gasteiger partial charge in [-0.25, -0.2) is 4.98 Å². The maximum atomic E-state index is 12.5. The monoisotopic (exact) mass is 360 g/mol. The molecule has 1 aromatic carbocycles. The number of rotatable bonds is 6. The molecule has 1 amide bonds. The highest BCUT2D eigenvalue weighted by atomic mass is 32.1. The van der Waals surface area contributed by atoms with E-state index in [0.717, 1.165) is 22.3 Å². The van der Waals surface area contributed by atoms with Crippen molar-refractivity contribution in [2.75, 3.05) is 19.5 Å². The van der Waals surface area contributed by atoms with Gasteiger partial charge in [0, 0.05) is 11.8 Å². The molecule has 5 nitrogen and oxygen atoms in total. The number of hydrogen-bond donors (Lipinski definition) is 1. The van der Waals surface area contributed by atoms with Crippen molar-refractivity contribution >= 4 is 22.4 Å². The third-order valence-electron chi connectivity index (χ3n) is 3.13. The lowest BCUT2D eigenvalue weighted by Crippen LogP contribution is -2.13. The number of carbonyl (C=O) groups is 1. The summed E-state index contributed by atoms with van der Waals surface area (Å²) in [6.45, 7) is 0. The van der Waals surface area contributed by atoms with Crippen LogP contribution in [0.5, 0.6) is 11.5 Å². The van der Waals surface area contributed by atoms with Gasteiger partial charge in [0.1, 0.15) is 0 Å². The van der Waals surface area contributed by atoms with Gasteiger partial charge in [-0.05, 0) is 24.1 Å². The summed E-state index contributed by atoms with van der Waals surface area (Å²) in [4.78, 5) is 15.2. The number of ether oxygens (including phenoxy) is 2. The molecule has 2 rings (SSSR count). The Labute approximate surface area is 140 Å². The number of amides is 1. The Morgan fingerprint density at radius 3 is 2.54 bits per heavy atom. The van der Waals surface area contributed by atoms with E-state index >= 15 is 0 Å². The Bertz CT molecular complexity index is 716. The Hall–Kier alpha value is -2.29. The minimum atomic E-state index is -4.51. The Kier molecular flexibility index (Phi) is 5.66. The average molecular weight is 360 g/mol. The molecule has 0 aliphatic rings. The highest BCUT2D eigenvalue weighted by Crippen LogP contribution is 2.32. The molecular formula is C15H15F3N2O3S. The smallest absolute Gasteiger partial charge is 0.434 e. The van der Waals surface area contributed by atoms with Crippen LogP contribution in [0.2, 0.25) is 0 Å². The second-order valence-corrected chi connectivity index (χ2v) is 5.63. The van der Waals surface area contributed by atoms with E-state index in [2.05, 4.69) is 10.3 Å². The third-order valence-corrected chi connectivity index (χ3v) is 3.89. The normalized spacial score (nSPS) is 11.2. The van der Waals surface area contributed by atoms with Crippen LogP contribution >= 0.6 is 11.3 Å². The van der Waals surface area contributed by atoms with Gasteiger partial charge in [-0.1, -0.05) is 6.07 Å². The van der Waals surface area contributed by atoms with E-state index in [9.17, 15) is 18.0 Å². The first-order valence-corrected chi connectivity index (χ1v) is 7.75. The lowest BCUT2D eigenvalue weighted by Gasteiger charge is -2.09. The first-order valence-electron chi connectivity index (χ1n) is 6.87. The van der Waals surface area contributed by atoms with Gasteiger partial charge >= 0.3 is 6.18 Å². The van der Waals surface area contributed by atoms with Crippen molar-refractivity contribution in [1.82, 2.24) is 4.98 Å². The molecule has 0 unspecified atom stereocenters.